The van der Waals surface area contributed by atoms with Gasteiger partial charge in [0.25, 0.3) is 5.91 Å². The Morgan fingerprint density at radius 1 is 1.14 bits per heavy atom. The Balaban J connectivity index is 1.64. The van der Waals surface area contributed by atoms with Gasteiger partial charge < -0.3 is 26.0 Å². The van der Waals surface area contributed by atoms with Crippen LogP contribution in [0.3, 0.4) is 0 Å². The minimum absolute atomic E-state index is 0.0171. The van der Waals surface area contributed by atoms with Gasteiger partial charge in [-0.1, -0.05) is 24.4 Å². The molecule has 0 spiro atoms. The number of amides is 3. The number of H-pyrrole nitrogens is 1. The van der Waals surface area contributed by atoms with E-state index in [4.69, 9.17) is 11.6 Å². The third-order valence-corrected chi connectivity index (χ3v) is 5.54. The summed E-state index contributed by atoms with van der Waals surface area (Å²) in [7, 11) is 0. The molecule has 1 aliphatic heterocycles. The van der Waals surface area contributed by atoms with Crippen LogP contribution in [0.15, 0.2) is 12.1 Å². The van der Waals surface area contributed by atoms with Crippen molar-refractivity contribution < 1.29 is 24.3 Å². The van der Waals surface area contributed by atoms with Gasteiger partial charge in [-0.3, -0.25) is 14.4 Å². The van der Waals surface area contributed by atoms with Gasteiger partial charge in [-0.15, -0.1) is 0 Å². The van der Waals surface area contributed by atoms with Crippen LogP contribution in [0.2, 0.25) is 5.15 Å². The zero-order chi connectivity index (χ0) is 21.0. The van der Waals surface area contributed by atoms with Crippen LogP contribution in [0, 0.1) is 11.8 Å². The molecule has 0 bridgehead atoms. The van der Waals surface area contributed by atoms with Crippen molar-refractivity contribution in [3.8, 4) is 0 Å². The van der Waals surface area contributed by atoms with Crippen LogP contribution in [0.4, 0.5) is 0 Å². The van der Waals surface area contributed by atoms with Gasteiger partial charge >= 0.3 is 5.97 Å². The Hall–Kier alpha value is -2.55. The van der Waals surface area contributed by atoms with Crippen LogP contribution in [0.25, 0.3) is 0 Å². The number of hydrogen-bond donors (Lipinski definition) is 5. The van der Waals surface area contributed by atoms with Crippen molar-refractivity contribution in [3.05, 3.63) is 23.0 Å². The number of aromatic amines is 1. The fourth-order valence-electron chi connectivity index (χ4n) is 3.49. The summed E-state index contributed by atoms with van der Waals surface area (Å²) in [5, 5.41) is 17.7. The minimum Gasteiger partial charge on any atom is -0.480 e. The van der Waals surface area contributed by atoms with E-state index in [1.807, 2.05) is 0 Å². The Bertz CT molecular complexity index is 791. The van der Waals surface area contributed by atoms with Crippen LogP contribution in [-0.2, 0) is 14.4 Å². The molecule has 2 aliphatic rings. The maximum absolute atomic E-state index is 12.8. The lowest BCUT2D eigenvalue weighted by Gasteiger charge is -2.26. The average molecular weight is 425 g/mol. The molecule has 158 valence electrons. The van der Waals surface area contributed by atoms with Crippen molar-refractivity contribution in [2.24, 2.45) is 11.8 Å². The lowest BCUT2D eigenvalue weighted by atomic mass is 9.91. The number of hydrogen-bond acceptors (Lipinski definition) is 4. The molecule has 29 heavy (non-hydrogen) atoms. The van der Waals surface area contributed by atoms with E-state index in [9.17, 15) is 24.3 Å². The van der Waals surface area contributed by atoms with Gasteiger partial charge in [-0.2, -0.15) is 0 Å². The molecule has 3 atom stereocenters. The maximum Gasteiger partial charge on any atom is 0.326 e. The molecule has 10 heteroatoms. The fourth-order valence-corrected chi connectivity index (χ4v) is 3.66. The number of rotatable bonds is 9. The largest absolute Gasteiger partial charge is 0.480 e. The van der Waals surface area contributed by atoms with E-state index in [-0.39, 0.29) is 18.0 Å². The molecule has 0 aromatic carbocycles. The predicted molar refractivity (Wildman–Crippen MR) is 104 cm³/mol. The number of nitrogens with one attached hydrogen (secondary N) is 4. The van der Waals surface area contributed by atoms with E-state index in [0.29, 0.717) is 30.5 Å². The third kappa shape index (κ3) is 5.96. The zero-order valence-electron chi connectivity index (χ0n) is 15.9. The number of carbonyl (C=O) groups is 4. The summed E-state index contributed by atoms with van der Waals surface area (Å²) in [6.45, 7) is 0.581. The van der Waals surface area contributed by atoms with Crippen LogP contribution in [0.5, 0.6) is 0 Å². The molecule has 1 aliphatic carbocycles. The second-order valence-electron chi connectivity index (χ2n) is 7.69. The quantitative estimate of drug-likeness (QED) is 0.403. The van der Waals surface area contributed by atoms with E-state index >= 15 is 0 Å². The summed E-state index contributed by atoms with van der Waals surface area (Å²) in [6.07, 6.45) is 3.75. The smallest absolute Gasteiger partial charge is 0.326 e. The molecule has 0 radical (unpaired) electrons. The monoisotopic (exact) mass is 424 g/mol. The van der Waals surface area contributed by atoms with Crippen LogP contribution < -0.4 is 16.0 Å². The Kier molecular flexibility index (Phi) is 6.79. The molecule has 1 saturated heterocycles. The first-order chi connectivity index (χ1) is 13.8. The summed E-state index contributed by atoms with van der Waals surface area (Å²) >= 11 is 5.79. The van der Waals surface area contributed by atoms with E-state index in [1.165, 1.54) is 12.1 Å². The number of halogens is 1. The minimum atomic E-state index is -1.20. The predicted octanol–water partition coefficient (Wildman–Crippen LogP) is 1.05. The van der Waals surface area contributed by atoms with Crippen LogP contribution in [0.1, 0.15) is 49.0 Å². The number of piperidine rings is 1. The molecular weight excluding hydrogens is 400 g/mol. The molecule has 5 N–H and O–H groups in total. The van der Waals surface area contributed by atoms with Crippen LogP contribution >= 0.6 is 11.6 Å². The highest BCUT2D eigenvalue weighted by molar-refractivity contribution is 6.29. The normalized spacial score (nSPS) is 21.0. The molecular formula is C19H25ClN4O5. The summed E-state index contributed by atoms with van der Waals surface area (Å²) < 4.78 is 0. The van der Waals surface area contributed by atoms with Gasteiger partial charge in [0.1, 0.15) is 22.9 Å². The summed E-state index contributed by atoms with van der Waals surface area (Å²) in [4.78, 5) is 51.5. The molecule has 1 aromatic heterocycles. The molecule has 1 aromatic rings. The number of carboxylic acid groups (broad SMARTS) is 1. The highest BCUT2D eigenvalue weighted by Gasteiger charge is 2.34. The van der Waals surface area contributed by atoms with Gasteiger partial charge in [0.15, 0.2) is 0 Å². The van der Waals surface area contributed by atoms with Crippen molar-refractivity contribution in [1.29, 1.82) is 0 Å². The Labute approximate surface area is 172 Å². The second-order valence-corrected chi connectivity index (χ2v) is 8.10. The van der Waals surface area contributed by atoms with Crippen LogP contribution in [-0.4, -0.2) is 52.4 Å². The lowest BCUT2D eigenvalue weighted by Crippen LogP contribution is -2.53. The van der Waals surface area contributed by atoms with E-state index in [0.717, 1.165) is 19.3 Å². The van der Waals surface area contributed by atoms with Crippen molar-refractivity contribution in [1.82, 2.24) is 20.9 Å². The first-order valence-corrected chi connectivity index (χ1v) is 10.2. The molecule has 2 heterocycles. The average Bonchev–Trinajstić information content (AvgIpc) is 3.39. The first kappa shape index (κ1) is 21.2. The number of aromatic nitrogens is 1. The zero-order valence-corrected chi connectivity index (χ0v) is 16.6. The lowest BCUT2D eigenvalue weighted by molar-refractivity contribution is -0.143. The van der Waals surface area contributed by atoms with Gasteiger partial charge in [-0.25, -0.2) is 4.79 Å². The van der Waals surface area contributed by atoms with Gasteiger partial charge in [0.2, 0.25) is 11.8 Å². The molecule has 3 rings (SSSR count). The summed E-state index contributed by atoms with van der Waals surface area (Å²) in [6, 6.07) is 0.974. The van der Waals surface area contributed by atoms with Crippen molar-refractivity contribution in [2.75, 3.05) is 6.54 Å². The number of aliphatic carboxylic acids is 1. The molecule has 2 unspecified atom stereocenters. The Morgan fingerprint density at radius 2 is 1.90 bits per heavy atom. The standard InChI is InChI=1S/C19H25ClN4O5/c20-15-6-5-12(22-15)17(26)23-13(8-10-3-4-10)18(27)24-14(19(28)29)9-11-2-1-7-21-16(11)25/h5-6,10-11,13-14,22H,1-4,7-9H2,(H,21,25)(H,23,26)(H,24,27)(H,28,29)/t11-,13?,14?/m0/s1. The van der Waals surface area contributed by atoms with E-state index < -0.39 is 35.8 Å². The molecule has 9 nitrogen and oxygen atoms in total. The molecule has 1 saturated carbocycles. The van der Waals surface area contributed by atoms with Gasteiger partial charge in [-0.05, 0) is 43.7 Å². The number of carboxylic acids is 1. The first-order valence-electron chi connectivity index (χ1n) is 9.79. The van der Waals surface area contributed by atoms with Crippen molar-refractivity contribution >= 4 is 35.3 Å². The van der Waals surface area contributed by atoms with Crippen molar-refractivity contribution in [2.45, 2.75) is 50.6 Å². The fraction of sp³-hybridized carbons (Fsp3) is 0.579. The van der Waals surface area contributed by atoms with Crippen molar-refractivity contribution in [3.63, 3.8) is 0 Å². The topological polar surface area (TPSA) is 140 Å². The van der Waals surface area contributed by atoms with Gasteiger partial charge in [0, 0.05) is 12.5 Å². The number of carbonyl (C=O) groups excluding carboxylic acids is 3. The third-order valence-electron chi connectivity index (χ3n) is 5.32. The highest BCUT2D eigenvalue weighted by Crippen LogP contribution is 2.33. The SMILES string of the molecule is O=C(NC(CC1CC1)C(=O)NC(C[C@@H]1CCCNC1=O)C(=O)O)c1ccc(Cl)[nH]1. The van der Waals surface area contributed by atoms with Gasteiger partial charge in [0.05, 0.1) is 0 Å². The van der Waals surface area contributed by atoms with E-state index in [1.54, 1.807) is 0 Å². The van der Waals surface area contributed by atoms with E-state index in [2.05, 4.69) is 20.9 Å². The molecule has 3 amide bonds. The summed E-state index contributed by atoms with van der Waals surface area (Å²) in [5.74, 6) is -2.58. The molecule has 2 fully saturated rings. The second kappa shape index (κ2) is 9.30. The summed E-state index contributed by atoms with van der Waals surface area (Å²) in [5.41, 5.74) is 0.220. The highest BCUT2D eigenvalue weighted by atomic mass is 35.5. The Morgan fingerprint density at radius 3 is 2.48 bits per heavy atom. The maximum atomic E-state index is 12.8.